The number of carboxylic acid groups (broad SMARTS) is 1. The molecule has 2 rings (SSSR count). The maximum absolute atomic E-state index is 11.4. The lowest BCUT2D eigenvalue weighted by Gasteiger charge is -2.05. The lowest BCUT2D eigenvalue weighted by Crippen LogP contribution is -2.12. The second kappa shape index (κ2) is 4.21. The first kappa shape index (κ1) is 11.1. The first-order valence-electron chi connectivity index (χ1n) is 4.85. The van der Waals surface area contributed by atoms with E-state index in [2.05, 4.69) is 9.72 Å². The topological polar surface area (TPSA) is 76.5 Å². The lowest BCUT2D eigenvalue weighted by atomic mass is 10.1. The molecule has 0 aliphatic carbocycles. The van der Waals surface area contributed by atoms with Crippen LogP contribution in [0.25, 0.3) is 10.9 Å². The SMILES string of the molecule is COC(=O)c1nc2ccccc2cc1C(=O)O. The molecule has 86 valence electrons. The van der Waals surface area contributed by atoms with Crippen LogP contribution in [0.3, 0.4) is 0 Å². The first-order valence-corrected chi connectivity index (χ1v) is 4.85. The van der Waals surface area contributed by atoms with E-state index in [1.165, 1.54) is 13.2 Å². The van der Waals surface area contributed by atoms with Crippen molar-refractivity contribution in [3.8, 4) is 0 Å². The molecule has 0 fully saturated rings. The number of benzene rings is 1. The number of aromatic nitrogens is 1. The molecule has 0 spiro atoms. The van der Waals surface area contributed by atoms with E-state index in [1.807, 2.05) is 0 Å². The van der Waals surface area contributed by atoms with Gasteiger partial charge < -0.3 is 9.84 Å². The summed E-state index contributed by atoms with van der Waals surface area (Å²) >= 11 is 0. The van der Waals surface area contributed by atoms with Crippen molar-refractivity contribution in [3.63, 3.8) is 0 Å². The third-order valence-electron chi connectivity index (χ3n) is 2.33. The number of rotatable bonds is 2. The lowest BCUT2D eigenvalue weighted by molar-refractivity contribution is 0.0576. The standard InChI is InChI=1S/C12H9NO4/c1-17-12(16)10-8(11(14)15)6-7-4-2-3-5-9(7)13-10/h2-6H,1H3,(H,14,15). The Morgan fingerprint density at radius 2 is 2.00 bits per heavy atom. The van der Waals surface area contributed by atoms with Gasteiger partial charge in [-0.05, 0) is 12.1 Å². The van der Waals surface area contributed by atoms with Gasteiger partial charge in [-0.1, -0.05) is 18.2 Å². The smallest absolute Gasteiger partial charge is 0.357 e. The number of hydrogen-bond donors (Lipinski definition) is 1. The highest BCUT2D eigenvalue weighted by atomic mass is 16.5. The Morgan fingerprint density at radius 1 is 1.29 bits per heavy atom. The van der Waals surface area contributed by atoms with Crippen molar-refractivity contribution in [2.45, 2.75) is 0 Å². The molecule has 0 unspecified atom stereocenters. The molecule has 0 bridgehead atoms. The maximum atomic E-state index is 11.4. The van der Waals surface area contributed by atoms with Crippen LogP contribution in [0.4, 0.5) is 0 Å². The van der Waals surface area contributed by atoms with Gasteiger partial charge in [0.1, 0.15) is 0 Å². The Balaban J connectivity index is 2.75. The van der Waals surface area contributed by atoms with Gasteiger partial charge in [0.05, 0.1) is 18.2 Å². The normalized spacial score (nSPS) is 10.2. The van der Waals surface area contributed by atoms with E-state index in [-0.39, 0.29) is 11.3 Å². The fourth-order valence-corrected chi connectivity index (χ4v) is 1.53. The molecule has 17 heavy (non-hydrogen) atoms. The second-order valence-electron chi connectivity index (χ2n) is 3.37. The molecule has 0 atom stereocenters. The van der Waals surface area contributed by atoms with Crippen molar-refractivity contribution in [1.29, 1.82) is 0 Å². The summed E-state index contributed by atoms with van der Waals surface area (Å²) in [6, 6.07) is 8.38. The maximum Gasteiger partial charge on any atom is 0.357 e. The predicted octanol–water partition coefficient (Wildman–Crippen LogP) is 1.72. The molecule has 5 heteroatoms. The van der Waals surface area contributed by atoms with Crippen LogP contribution < -0.4 is 0 Å². The number of pyridine rings is 1. The van der Waals surface area contributed by atoms with Crippen LogP contribution in [0.5, 0.6) is 0 Å². The van der Waals surface area contributed by atoms with E-state index in [0.717, 1.165) is 0 Å². The molecule has 5 nitrogen and oxygen atoms in total. The molecule has 0 aliphatic rings. The highest BCUT2D eigenvalue weighted by Gasteiger charge is 2.19. The van der Waals surface area contributed by atoms with Crippen molar-refractivity contribution < 1.29 is 19.4 Å². The molecule has 1 aromatic carbocycles. The van der Waals surface area contributed by atoms with Gasteiger partial charge >= 0.3 is 11.9 Å². The fraction of sp³-hybridized carbons (Fsp3) is 0.0833. The molecule has 0 saturated heterocycles. The summed E-state index contributed by atoms with van der Waals surface area (Å²) in [6.45, 7) is 0. The number of nitrogens with zero attached hydrogens (tertiary/aromatic N) is 1. The van der Waals surface area contributed by atoms with Gasteiger partial charge in [-0.2, -0.15) is 0 Å². The largest absolute Gasteiger partial charge is 0.478 e. The summed E-state index contributed by atoms with van der Waals surface area (Å²) in [5, 5.41) is 9.69. The summed E-state index contributed by atoms with van der Waals surface area (Å²) in [4.78, 5) is 26.5. The van der Waals surface area contributed by atoms with Crippen molar-refractivity contribution in [2.75, 3.05) is 7.11 Å². The number of ether oxygens (including phenoxy) is 1. The Bertz CT molecular complexity index is 606. The van der Waals surface area contributed by atoms with E-state index in [9.17, 15) is 9.59 Å². The van der Waals surface area contributed by atoms with Crippen LogP contribution in [0.15, 0.2) is 30.3 Å². The van der Waals surface area contributed by atoms with E-state index in [4.69, 9.17) is 5.11 Å². The number of methoxy groups -OCH3 is 1. The summed E-state index contributed by atoms with van der Waals surface area (Å²) in [5.74, 6) is -1.96. The van der Waals surface area contributed by atoms with E-state index >= 15 is 0 Å². The first-order chi connectivity index (χ1) is 8.13. The molecule has 0 aliphatic heterocycles. The van der Waals surface area contributed by atoms with Crippen molar-refractivity contribution >= 4 is 22.8 Å². The summed E-state index contributed by atoms with van der Waals surface area (Å²) in [7, 11) is 1.19. The summed E-state index contributed by atoms with van der Waals surface area (Å²) in [5.41, 5.74) is 0.215. The number of fused-ring (bicyclic) bond motifs is 1. The molecular formula is C12H9NO4. The van der Waals surface area contributed by atoms with Crippen LogP contribution in [-0.4, -0.2) is 29.1 Å². The fourth-order valence-electron chi connectivity index (χ4n) is 1.53. The minimum Gasteiger partial charge on any atom is -0.478 e. The highest BCUT2D eigenvalue weighted by Crippen LogP contribution is 2.17. The molecular weight excluding hydrogens is 222 g/mol. The van der Waals surface area contributed by atoms with Crippen LogP contribution in [-0.2, 0) is 4.74 Å². The highest BCUT2D eigenvalue weighted by molar-refractivity contribution is 6.04. The Morgan fingerprint density at radius 3 is 2.65 bits per heavy atom. The third-order valence-corrected chi connectivity index (χ3v) is 2.33. The average molecular weight is 231 g/mol. The number of para-hydroxylation sites is 1. The van der Waals surface area contributed by atoms with E-state index in [0.29, 0.717) is 10.9 Å². The molecule has 1 aromatic heterocycles. The number of hydrogen-bond acceptors (Lipinski definition) is 4. The quantitative estimate of drug-likeness (QED) is 0.796. The molecule has 1 N–H and O–H groups in total. The van der Waals surface area contributed by atoms with Crippen molar-refractivity contribution in [2.24, 2.45) is 0 Å². The number of carbonyl (C=O) groups is 2. The molecule has 0 amide bonds. The minimum atomic E-state index is -1.20. The van der Waals surface area contributed by atoms with Crippen LogP contribution >= 0.6 is 0 Å². The third kappa shape index (κ3) is 1.94. The number of carboxylic acids is 1. The zero-order valence-corrected chi connectivity index (χ0v) is 9.01. The Kier molecular flexibility index (Phi) is 2.74. The van der Waals surface area contributed by atoms with Crippen LogP contribution in [0.2, 0.25) is 0 Å². The second-order valence-corrected chi connectivity index (χ2v) is 3.37. The van der Waals surface area contributed by atoms with Gasteiger partial charge in [0.2, 0.25) is 0 Å². The van der Waals surface area contributed by atoms with Gasteiger partial charge in [-0.3, -0.25) is 0 Å². The van der Waals surface area contributed by atoms with Gasteiger partial charge in [0.15, 0.2) is 5.69 Å². The van der Waals surface area contributed by atoms with Crippen LogP contribution in [0, 0.1) is 0 Å². The van der Waals surface area contributed by atoms with Gasteiger partial charge in [-0.25, -0.2) is 14.6 Å². The molecule has 2 aromatic rings. The molecule has 1 heterocycles. The number of aromatic carboxylic acids is 1. The number of esters is 1. The van der Waals surface area contributed by atoms with Crippen molar-refractivity contribution in [1.82, 2.24) is 4.98 Å². The van der Waals surface area contributed by atoms with Crippen molar-refractivity contribution in [3.05, 3.63) is 41.6 Å². The van der Waals surface area contributed by atoms with Crippen LogP contribution in [0.1, 0.15) is 20.8 Å². The minimum absolute atomic E-state index is 0.157. The van der Waals surface area contributed by atoms with Gasteiger partial charge in [-0.15, -0.1) is 0 Å². The zero-order valence-electron chi connectivity index (χ0n) is 9.01. The Hall–Kier alpha value is -2.43. The summed E-state index contributed by atoms with van der Waals surface area (Å²) < 4.78 is 4.51. The number of carbonyl (C=O) groups excluding carboxylic acids is 1. The molecule has 0 saturated carbocycles. The van der Waals surface area contributed by atoms with Gasteiger partial charge in [0.25, 0.3) is 0 Å². The van der Waals surface area contributed by atoms with E-state index < -0.39 is 11.9 Å². The Labute approximate surface area is 96.7 Å². The molecule has 0 radical (unpaired) electrons. The average Bonchev–Trinajstić information content (AvgIpc) is 2.36. The monoisotopic (exact) mass is 231 g/mol. The zero-order chi connectivity index (χ0) is 12.4. The predicted molar refractivity (Wildman–Crippen MR) is 60.0 cm³/mol. The van der Waals surface area contributed by atoms with E-state index in [1.54, 1.807) is 24.3 Å². The summed E-state index contributed by atoms with van der Waals surface area (Å²) in [6.07, 6.45) is 0. The van der Waals surface area contributed by atoms with Gasteiger partial charge in [0, 0.05) is 5.39 Å².